The number of carbonyl (C=O) groups excluding carboxylic acids is 2. The largest absolute Gasteiger partial charge is 0.453 e. The lowest BCUT2D eigenvalue weighted by Gasteiger charge is -2.18. The molecule has 1 saturated carbocycles. The van der Waals surface area contributed by atoms with Gasteiger partial charge >= 0.3 is 6.09 Å². The number of hydrogen-bond donors (Lipinski definition) is 3. The zero-order valence-corrected chi connectivity index (χ0v) is 25.5. The van der Waals surface area contributed by atoms with Crippen LogP contribution in [-0.2, 0) is 16.0 Å². The molecule has 14 nitrogen and oxygen atoms in total. The Labute approximate surface area is 265 Å². The van der Waals surface area contributed by atoms with Crippen molar-refractivity contribution in [3.05, 3.63) is 92.6 Å². The number of anilines is 1. The lowest BCUT2D eigenvalue weighted by atomic mass is 10.0. The number of rotatable bonds is 10. The predicted molar refractivity (Wildman–Crippen MR) is 166 cm³/mol. The third kappa shape index (κ3) is 7.38. The van der Waals surface area contributed by atoms with Gasteiger partial charge in [-0.3, -0.25) is 14.9 Å². The number of tetrazole rings is 1. The third-order valence-electron chi connectivity index (χ3n) is 7.15. The van der Waals surface area contributed by atoms with Gasteiger partial charge < -0.3 is 10.1 Å². The van der Waals surface area contributed by atoms with Crippen LogP contribution in [0.4, 0.5) is 10.5 Å². The molecule has 0 radical (unpaired) electrons. The summed E-state index contributed by atoms with van der Waals surface area (Å²) in [5.41, 5.74) is 2.95. The average molecular weight is 647 g/mol. The summed E-state index contributed by atoms with van der Waals surface area (Å²) in [5, 5.41) is 34.0. The molecule has 4 aromatic rings. The molecule has 3 N–H and O–H groups in total. The molecule has 230 valence electrons. The average Bonchev–Trinajstić information content (AvgIpc) is 3.54. The fraction of sp³-hybridized carbons (Fsp3) is 0.276. The molecular formula is C29H27ClN10O4S. The van der Waals surface area contributed by atoms with Gasteiger partial charge in [0, 0.05) is 24.1 Å². The normalized spacial score (nSPS) is 17.0. The van der Waals surface area contributed by atoms with E-state index >= 15 is 0 Å². The van der Waals surface area contributed by atoms with Gasteiger partial charge in [0.15, 0.2) is 0 Å². The number of H-pyrrole nitrogens is 1. The summed E-state index contributed by atoms with van der Waals surface area (Å²) in [6.07, 6.45) is 10.6. The number of amides is 2. The number of aromatic amines is 1. The molecule has 0 bridgehead atoms. The number of nitrogens with zero attached hydrogens (tertiary/aromatic N) is 7. The van der Waals surface area contributed by atoms with E-state index in [-0.39, 0.29) is 11.3 Å². The Morgan fingerprint density at radius 1 is 1.24 bits per heavy atom. The van der Waals surface area contributed by atoms with Crippen molar-refractivity contribution in [2.24, 2.45) is 0 Å². The smallest absolute Gasteiger partial charge is 0.411 e. The first kappa shape index (κ1) is 30.0. The van der Waals surface area contributed by atoms with Gasteiger partial charge in [-0.05, 0) is 65.1 Å². The van der Waals surface area contributed by atoms with E-state index in [0.717, 1.165) is 28.4 Å². The van der Waals surface area contributed by atoms with Crippen LogP contribution in [0.2, 0.25) is 0 Å². The van der Waals surface area contributed by atoms with E-state index in [9.17, 15) is 14.4 Å². The van der Waals surface area contributed by atoms with Crippen molar-refractivity contribution in [2.45, 2.75) is 43.0 Å². The van der Waals surface area contributed by atoms with Crippen LogP contribution in [0.3, 0.4) is 0 Å². The Hall–Kier alpha value is -5.02. The standard InChI is InChI=1S/C29H27ClN10O4S/c1-44-29(43)32-20-8-4-16(5-9-20)21-13-23(34-36-27(21)42)22(14-26-35-37-28(45-26)17-2-3-17)33-25(41)11-6-18-12-19(30)7-10-24(18)40-15-31-38-39-40/h4-11,13,15,17,19,22H,2-3,12,14H2,1H3,(H,32,43)(H,33,41)(H,36,42)/b11-6+. The summed E-state index contributed by atoms with van der Waals surface area (Å²) in [6, 6.07) is 7.70. The van der Waals surface area contributed by atoms with Gasteiger partial charge in [0.2, 0.25) is 5.91 Å². The van der Waals surface area contributed by atoms with E-state index in [1.54, 1.807) is 36.4 Å². The SMILES string of the molecule is COC(=O)Nc1ccc(-c2cc(C(Cc3nnc(C4CC4)s3)NC(=O)/C=C/C3=C(n4cnnn4)C=CC(Cl)C3)n[nH]c2=O)cc1. The molecule has 2 unspecified atom stereocenters. The van der Waals surface area contributed by atoms with Crippen LogP contribution in [0.5, 0.6) is 0 Å². The molecule has 1 aromatic carbocycles. The van der Waals surface area contributed by atoms with Crippen molar-refractivity contribution in [1.82, 2.24) is 45.9 Å². The molecule has 6 rings (SSSR count). The van der Waals surface area contributed by atoms with E-state index in [0.29, 0.717) is 47.0 Å². The number of carbonyl (C=O) groups is 2. The second kappa shape index (κ2) is 13.3. The Morgan fingerprint density at radius 2 is 2.07 bits per heavy atom. The van der Waals surface area contributed by atoms with Crippen molar-refractivity contribution < 1.29 is 14.3 Å². The van der Waals surface area contributed by atoms with Gasteiger partial charge in [-0.1, -0.05) is 24.3 Å². The van der Waals surface area contributed by atoms with E-state index in [1.165, 1.54) is 35.5 Å². The quantitative estimate of drug-likeness (QED) is 0.169. The second-order valence-electron chi connectivity index (χ2n) is 10.4. The summed E-state index contributed by atoms with van der Waals surface area (Å²) >= 11 is 7.88. The summed E-state index contributed by atoms with van der Waals surface area (Å²) in [6.45, 7) is 0. The molecule has 2 aliphatic carbocycles. The number of allylic oxidation sites excluding steroid dienone is 5. The highest BCUT2D eigenvalue weighted by molar-refractivity contribution is 7.11. The van der Waals surface area contributed by atoms with E-state index in [1.807, 2.05) is 12.2 Å². The minimum atomic E-state index is -0.641. The monoisotopic (exact) mass is 646 g/mol. The molecule has 2 amide bonds. The maximum absolute atomic E-state index is 13.3. The molecular weight excluding hydrogens is 620 g/mol. The van der Waals surface area contributed by atoms with Crippen LogP contribution >= 0.6 is 22.9 Å². The van der Waals surface area contributed by atoms with Crippen LogP contribution in [0.15, 0.2) is 71.3 Å². The van der Waals surface area contributed by atoms with Gasteiger partial charge in [0.1, 0.15) is 16.3 Å². The van der Waals surface area contributed by atoms with E-state index in [2.05, 4.69) is 51.3 Å². The zero-order chi connectivity index (χ0) is 31.3. The Bertz CT molecular complexity index is 1840. The minimum Gasteiger partial charge on any atom is -0.453 e. The molecule has 0 aliphatic heterocycles. The number of hydrogen-bond acceptors (Lipinski definition) is 11. The summed E-state index contributed by atoms with van der Waals surface area (Å²) in [4.78, 5) is 37.7. The van der Waals surface area contributed by atoms with Crippen molar-refractivity contribution in [1.29, 1.82) is 0 Å². The first-order valence-corrected chi connectivity index (χ1v) is 15.3. The van der Waals surface area contributed by atoms with E-state index in [4.69, 9.17) is 11.6 Å². The topological polar surface area (TPSA) is 183 Å². The fourth-order valence-corrected chi connectivity index (χ4v) is 5.99. The highest BCUT2D eigenvalue weighted by atomic mass is 35.5. The van der Waals surface area contributed by atoms with Gasteiger partial charge in [-0.2, -0.15) is 5.10 Å². The molecule has 3 heterocycles. The first-order valence-electron chi connectivity index (χ1n) is 14.0. The maximum atomic E-state index is 13.3. The lowest BCUT2D eigenvalue weighted by molar-refractivity contribution is -0.117. The molecule has 0 saturated heterocycles. The van der Waals surface area contributed by atoms with Gasteiger partial charge in [-0.15, -0.1) is 38.2 Å². The maximum Gasteiger partial charge on any atom is 0.411 e. The minimum absolute atomic E-state index is 0.243. The van der Waals surface area contributed by atoms with Crippen LogP contribution < -0.4 is 16.2 Å². The Morgan fingerprint density at radius 3 is 2.80 bits per heavy atom. The number of halogens is 1. The van der Waals surface area contributed by atoms with Gasteiger partial charge in [-0.25, -0.2) is 14.6 Å². The lowest BCUT2D eigenvalue weighted by Crippen LogP contribution is -2.30. The molecule has 16 heteroatoms. The van der Waals surface area contributed by atoms with E-state index < -0.39 is 17.7 Å². The molecule has 45 heavy (non-hydrogen) atoms. The number of alkyl halides is 1. The summed E-state index contributed by atoms with van der Waals surface area (Å²) in [5.74, 6) is 0.0589. The van der Waals surface area contributed by atoms with Crippen molar-refractivity contribution >= 4 is 46.3 Å². The molecule has 2 aliphatic rings. The predicted octanol–water partition coefficient (Wildman–Crippen LogP) is 3.77. The van der Waals surface area contributed by atoms with Crippen LogP contribution in [-0.4, -0.2) is 65.1 Å². The Balaban J connectivity index is 1.27. The fourth-order valence-electron chi connectivity index (χ4n) is 4.69. The van der Waals surface area contributed by atoms with Crippen LogP contribution in [0.1, 0.15) is 46.9 Å². The first-order chi connectivity index (χ1) is 21.9. The van der Waals surface area contributed by atoms with Crippen molar-refractivity contribution in [2.75, 3.05) is 12.4 Å². The van der Waals surface area contributed by atoms with Crippen LogP contribution in [0.25, 0.3) is 16.8 Å². The number of benzene rings is 1. The zero-order valence-electron chi connectivity index (χ0n) is 23.9. The van der Waals surface area contributed by atoms with Gasteiger partial charge in [0.25, 0.3) is 5.56 Å². The molecule has 1 fully saturated rings. The van der Waals surface area contributed by atoms with Crippen LogP contribution in [0, 0.1) is 0 Å². The Kier molecular flexibility index (Phi) is 8.89. The number of aromatic nitrogens is 8. The molecule has 3 aromatic heterocycles. The van der Waals surface area contributed by atoms with Crippen molar-refractivity contribution in [3.63, 3.8) is 0 Å². The van der Waals surface area contributed by atoms with Crippen molar-refractivity contribution in [3.8, 4) is 11.1 Å². The molecule has 0 spiro atoms. The van der Waals surface area contributed by atoms with Gasteiger partial charge in [0.05, 0.1) is 35.5 Å². The summed E-state index contributed by atoms with van der Waals surface area (Å²) in [7, 11) is 1.27. The summed E-state index contributed by atoms with van der Waals surface area (Å²) < 4.78 is 6.14. The number of methoxy groups -OCH3 is 1. The number of nitrogens with one attached hydrogen (secondary N) is 3. The molecule has 2 atom stereocenters. The number of ether oxygens (including phenoxy) is 1. The third-order valence-corrected chi connectivity index (χ3v) is 8.56. The highest BCUT2D eigenvalue weighted by Gasteiger charge is 2.28. The second-order valence-corrected chi connectivity index (χ2v) is 12.0. The highest BCUT2D eigenvalue weighted by Crippen LogP contribution is 2.41.